The van der Waals surface area contributed by atoms with Gasteiger partial charge in [-0.05, 0) is 13.5 Å². The SMILES string of the molecule is CCNC(C)CC(=O)c1c(Cl)cnn1CCOC. The van der Waals surface area contributed by atoms with E-state index in [1.807, 2.05) is 13.8 Å². The lowest BCUT2D eigenvalue weighted by molar-refractivity contribution is 0.0958. The van der Waals surface area contributed by atoms with Crippen molar-refractivity contribution in [2.24, 2.45) is 0 Å². The van der Waals surface area contributed by atoms with Gasteiger partial charge in [0.25, 0.3) is 0 Å². The molecular formula is C12H20ClN3O2. The molecule has 5 nitrogen and oxygen atoms in total. The van der Waals surface area contributed by atoms with E-state index in [0.29, 0.717) is 30.3 Å². The summed E-state index contributed by atoms with van der Waals surface area (Å²) in [5.41, 5.74) is 0.471. The summed E-state index contributed by atoms with van der Waals surface area (Å²) in [6.07, 6.45) is 1.91. The van der Waals surface area contributed by atoms with Crippen LogP contribution in [0.1, 0.15) is 30.8 Å². The van der Waals surface area contributed by atoms with Crippen molar-refractivity contribution in [1.82, 2.24) is 15.1 Å². The molecule has 0 aliphatic carbocycles. The van der Waals surface area contributed by atoms with Gasteiger partial charge in [-0.1, -0.05) is 18.5 Å². The van der Waals surface area contributed by atoms with Crippen molar-refractivity contribution in [3.05, 3.63) is 16.9 Å². The van der Waals surface area contributed by atoms with Crippen LogP contribution in [0.5, 0.6) is 0 Å². The second-order valence-electron chi connectivity index (χ2n) is 4.14. The lowest BCUT2D eigenvalue weighted by Crippen LogP contribution is -2.29. The lowest BCUT2D eigenvalue weighted by atomic mass is 10.1. The van der Waals surface area contributed by atoms with E-state index in [2.05, 4.69) is 10.4 Å². The number of halogens is 1. The smallest absolute Gasteiger partial charge is 0.183 e. The van der Waals surface area contributed by atoms with Gasteiger partial charge in [0.05, 0.1) is 24.4 Å². The van der Waals surface area contributed by atoms with Crippen molar-refractivity contribution in [3.63, 3.8) is 0 Å². The van der Waals surface area contributed by atoms with Gasteiger partial charge in [0.2, 0.25) is 0 Å². The summed E-state index contributed by atoms with van der Waals surface area (Å²) in [5.74, 6) is 0.00190. The predicted octanol–water partition coefficient (Wildman–Crippen LogP) is 1.75. The molecule has 0 aliphatic rings. The molecule has 1 aromatic heterocycles. The van der Waals surface area contributed by atoms with Crippen LogP contribution in [0.15, 0.2) is 6.20 Å². The summed E-state index contributed by atoms with van der Waals surface area (Å²) < 4.78 is 6.59. The average molecular weight is 274 g/mol. The van der Waals surface area contributed by atoms with Crippen LogP contribution in [-0.2, 0) is 11.3 Å². The van der Waals surface area contributed by atoms with Crippen molar-refractivity contribution < 1.29 is 9.53 Å². The topological polar surface area (TPSA) is 56.2 Å². The molecule has 1 unspecified atom stereocenters. The Morgan fingerprint density at radius 1 is 1.67 bits per heavy atom. The normalized spacial score (nSPS) is 12.7. The van der Waals surface area contributed by atoms with Gasteiger partial charge in [-0.15, -0.1) is 0 Å². The number of aromatic nitrogens is 2. The standard InChI is InChI=1S/C12H20ClN3O2/c1-4-14-9(2)7-11(17)12-10(13)8-15-16(12)5-6-18-3/h8-9,14H,4-7H2,1-3H3. The first kappa shape index (κ1) is 15.1. The molecule has 6 heteroatoms. The minimum absolute atomic E-state index is 0.00190. The van der Waals surface area contributed by atoms with Gasteiger partial charge in [-0.25, -0.2) is 0 Å². The van der Waals surface area contributed by atoms with E-state index in [9.17, 15) is 4.79 Å². The number of ketones is 1. The van der Waals surface area contributed by atoms with E-state index in [-0.39, 0.29) is 11.8 Å². The number of Topliss-reactive ketones (excluding diaryl/α,β-unsaturated/α-hetero) is 1. The molecule has 18 heavy (non-hydrogen) atoms. The van der Waals surface area contributed by atoms with Gasteiger partial charge in [-0.2, -0.15) is 5.10 Å². The van der Waals surface area contributed by atoms with Crippen LogP contribution in [0.2, 0.25) is 5.02 Å². The molecule has 0 bridgehead atoms. The van der Waals surface area contributed by atoms with Gasteiger partial charge in [0, 0.05) is 19.6 Å². The molecule has 1 heterocycles. The fraction of sp³-hybridized carbons (Fsp3) is 0.667. The molecule has 0 fully saturated rings. The summed E-state index contributed by atoms with van der Waals surface area (Å²) in [6, 6.07) is 0.129. The number of carbonyl (C=O) groups is 1. The highest BCUT2D eigenvalue weighted by molar-refractivity contribution is 6.33. The van der Waals surface area contributed by atoms with Crippen LogP contribution in [0.25, 0.3) is 0 Å². The number of ether oxygens (including phenoxy) is 1. The molecule has 0 radical (unpaired) electrons. The van der Waals surface area contributed by atoms with Crippen LogP contribution < -0.4 is 5.32 Å². The Kier molecular flexibility index (Phi) is 6.32. The maximum atomic E-state index is 12.2. The quantitative estimate of drug-likeness (QED) is 0.733. The molecule has 1 atom stereocenters. The van der Waals surface area contributed by atoms with E-state index in [0.717, 1.165) is 6.54 Å². The number of nitrogens with one attached hydrogen (secondary N) is 1. The third-order valence-electron chi connectivity index (χ3n) is 2.61. The predicted molar refractivity (Wildman–Crippen MR) is 71.2 cm³/mol. The third kappa shape index (κ3) is 4.08. The minimum Gasteiger partial charge on any atom is -0.383 e. The zero-order valence-electron chi connectivity index (χ0n) is 11.1. The van der Waals surface area contributed by atoms with Crippen LogP contribution in [-0.4, -0.2) is 41.9 Å². The van der Waals surface area contributed by atoms with Gasteiger partial charge in [-0.3, -0.25) is 9.48 Å². The first-order valence-electron chi connectivity index (χ1n) is 6.07. The van der Waals surface area contributed by atoms with Gasteiger partial charge >= 0.3 is 0 Å². The number of carbonyl (C=O) groups excluding carboxylic acids is 1. The largest absolute Gasteiger partial charge is 0.383 e. The van der Waals surface area contributed by atoms with Gasteiger partial charge < -0.3 is 10.1 Å². The fourth-order valence-corrected chi connectivity index (χ4v) is 2.03. The summed E-state index contributed by atoms with van der Waals surface area (Å²) in [5, 5.41) is 7.70. The summed E-state index contributed by atoms with van der Waals surface area (Å²) in [4.78, 5) is 12.2. The monoisotopic (exact) mass is 273 g/mol. The van der Waals surface area contributed by atoms with E-state index >= 15 is 0 Å². The Bertz CT molecular complexity index is 393. The Balaban J connectivity index is 2.74. The molecule has 102 valence electrons. The molecular weight excluding hydrogens is 254 g/mol. The van der Waals surface area contributed by atoms with E-state index in [1.54, 1.807) is 11.8 Å². The van der Waals surface area contributed by atoms with Crippen LogP contribution in [0, 0.1) is 0 Å². The first-order valence-corrected chi connectivity index (χ1v) is 6.44. The number of hydrogen-bond donors (Lipinski definition) is 1. The van der Waals surface area contributed by atoms with Crippen molar-refractivity contribution in [2.75, 3.05) is 20.3 Å². The van der Waals surface area contributed by atoms with Crippen molar-refractivity contribution >= 4 is 17.4 Å². The third-order valence-corrected chi connectivity index (χ3v) is 2.89. The highest BCUT2D eigenvalue weighted by atomic mass is 35.5. The molecule has 0 amide bonds. The minimum atomic E-state index is 0.00190. The first-order chi connectivity index (χ1) is 8.60. The molecule has 0 saturated heterocycles. The number of methoxy groups -OCH3 is 1. The molecule has 0 aromatic carbocycles. The Labute approximate surface area is 112 Å². The lowest BCUT2D eigenvalue weighted by Gasteiger charge is -2.12. The van der Waals surface area contributed by atoms with Crippen molar-refractivity contribution in [2.45, 2.75) is 32.9 Å². The Hall–Kier alpha value is -0.910. The Morgan fingerprint density at radius 2 is 2.39 bits per heavy atom. The molecule has 0 spiro atoms. The summed E-state index contributed by atoms with van der Waals surface area (Å²) >= 11 is 6.01. The Morgan fingerprint density at radius 3 is 3.00 bits per heavy atom. The average Bonchev–Trinajstić information content (AvgIpc) is 2.68. The van der Waals surface area contributed by atoms with E-state index in [4.69, 9.17) is 16.3 Å². The highest BCUT2D eigenvalue weighted by Gasteiger charge is 2.19. The summed E-state index contributed by atoms with van der Waals surface area (Å²) in [6.45, 7) is 5.86. The van der Waals surface area contributed by atoms with E-state index < -0.39 is 0 Å². The van der Waals surface area contributed by atoms with E-state index in [1.165, 1.54) is 6.20 Å². The summed E-state index contributed by atoms with van der Waals surface area (Å²) in [7, 11) is 1.61. The maximum absolute atomic E-state index is 12.2. The number of hydrogen-bond acceptors (Lipinski definition) is 4. The highest BCUT2D eigenvalue weighted by Crippen LogP contribution is 2.17. The zero-order chi connectivity index (χ0) is 13.5. The second-order valence-corrected chi connectivity index (χ2v) is 4.55. The maximum Gasteiger partial charge on any atom is 0.183 e. The van der Waals surface area contributed by atoms with Crippen LogP contribution in [0.3, 0.4) is 0 Å². The van der Waals surface area contributed by atoms with Crippen molar-refractivity contribution in [1.29, 1.82) is 0 Å². The molecule has 1 rings (SSSR count). The van der Waals surface area contributed by atoms with Gasteiger partial charge in [0.15, 0.2) is 5.78 Å². The molecule has 0 saturated carbocycles. The fourth-order valence-electron chi connectivity index (χ4n) is 1.78. The molecule has 0 aliphatic heterocycles. The van der Waals surface area contributed by atoms with Crippen LogP contribution >= 0.6 is 11.6 Å². The second kappa shape index (κ2) is 7.51. The molecule has 1 N–H and O–H groups in total. The van der Waals surface area contributed by atoms with Crippen LogP contribution in [0.4, 0.5) is 0 Å². The molecule has 1 aromatic rings. The van der Waals surface area contributed by atoms with Crippen molar-refractivity contribution in [3.8, 4) is 0 Å². The van der Waals surface area contributed by atoms with Gasteiger partial charge in [0.1, 0.15) is 5.69 Å². The zero-order valence-corrected chi connectivity index (χ0v) is 11.8. The number of nitrogens with zero attached hydrogens (tertiary/aromatic N) is 2. The number of rotatable bonds is 8.